The predicted octanol–water partition coefficient (Wildman–Crippen LogP) is 2.51. The number of benzene rings is 1. The first-order valence-electron chi connectivity index (χ1n) is 9.71. The normalized spacial score (nSPS) is 41.4. The number of nitrogens with zero attached hydrogens (tertiary/aromatic N) is 1. The van der Waals surface area contributed by atoms with Gasteiger partial charge in [-0.2, -0.15) is 0 Å². The molecule has 1 spiro atoms. The third-order valence-corrected chi connectivity index (χ3v) is 7.71. The van der Waals surface area contributed by atoms with E-state index < -0.39 is 11.0 Å². The lowest BCUT2D eigenvalue weighted by atomic mass is 9.48. The van der Waals surface area contributed by atoms with Gasteiger partial charge in [0.15, 0.2) is 11.5 Å². The van der Waals surface area contributed by atoms with E-state index in [1.54, 1.807) is 6.07 Å². The van der Waals surface area contributed by atoms with Crippen LogP contribution in [0.25, 0.3) is 0 Å². The van der Waals surface area contributed by atoms with Crippen molar-refractivity contribution in [1.29, 1.82) is 0 Å². The number of aliphatic hydroxyl groups is 1. The number of hydrogen-bond donors (Lipinski definition) is 2. The van der Waals surface area contributed by atoms with Crippen LogP contribution in [-0.2, 0) is 11.8 Å². The fourth-order valence-corrected chi connectivity index (χ4v) is 6.39. The number of phenolic OH excluding ortho intramolecular Hbond substituents is 1. The second kappa shape index (κ2) is 4.41. The summed E-state index contributed by atoms with van der Waals surface area (Å²) >= 11 is 0. The highest BCUT2D eigenvalue weighted by Gasteiger charge is 2.71. The number of hydrogen-bond acceptors (Lipinski definition) is 4. The Kier molecular flexibility index (Phi) is 2.58. The van der Waals surface area contributed by atoms with E-state index in [0.717, 1.165) is 55.8 Å². The quantitative estimate of drug-likeness (QED) is 0.813. The van der Waals surface area contributed by atoms with Crippen molar-refractivity contribution in [2.45, 2.75) is 61.7 Å². The second-order valence-electron chi connectivity index (χ2n) is 8.91. The Labute approximate surface area is 148 Å². The Bertz CT molecular complexity index is 801. The molecule has 1 saturated heterocycles. The number of phenols is 1. The molecule has 2 N–H and O–H groups in total. The molecule has 5 aliphatic rings. The van der Waals surface area contributed by atoms with Crippen LogP contribution in [0.15, 0.2) is 24.3 Å². The van der Waals surface area contributed by atoms with Crippen molar-refractivity contribution in [1.82, 2.24) is 4.90 Å². The molecule has 2 bridgehead atoms. The van der Waals surface area contributed by atoms with Crippen LogP contribution >= 0.6 is 0 Å². The van der Waals surface area contributed by atoms with Crippen molar-refractivity contribution in [2.75, 3.05) is 13.1 Å². The molecule has 4 nitrogen and oxygen atoms in total. The molecule has 0 aromatic heterocycles. The summed E-state index contributed by atoms with van der Waals surface area (Å²) < 4.78 is 6.29. The van der Waals surface area contributed by atoms with Gasteiger partial charge in [0.1, 0.15) is 6.10 Å². The van der Waals surface area contributed by atoms with Gasteiger partial charge in [-0.3, -0.25) is 4.90 Å². The molecular formula is C21H25NO3. The van der Waals surface area contributed by atoms with Crippen molar-refractivity contribution in [3.63, 3.8) is 0 Å². The van der Waals surface area contributed by atoms with Crippen LogP contribution in [0.1, 0.15) is 43.2 Å². The zero-order chi connectivity index (χ0) is 17.0. The Morgan fingerprint density at radius 3 is 2.92 bits per heavy atom. The summed E-state index contributed by atoms with van der Waals surface area (Å²) in [5.74, 6) is 1.64. The summed E-state index contributed by atoms with van der Waals surface area (Å²) in [4.78, 5) is 2.56. The van der Waals surface area contributed by atoms with Gasteiger partial charge in [-0.25, -0.2) is 0 Å². The highest BCUT2D eigenvalue weighted by molar-refractivity contribution is 5.63. The van der Waals surface area contributed by atoms with E-state index in [9.17, 15) is 10.2 Å². The average molecular weight is 339 g/mol. The molecule has 4 atom stereocenters. The number of ether oxygens (including phenoxy) is 1. The van der Waals surface area contributed by atoms with Gasteiger partial charge in [-0.15, -0.1) is 0 Å². The minimum atomic E-state index is -0.780. The lowest BCUT2D eigenvalue weighted by Crippen LogP contribution is -2.75. The van der Waals surface area contributed by atoms with Crippen molar-refractivity contribution in [3.8, 4) is 11.5 Å². The van der Waals surface area contributed by atoms with Crippen molar-refractivity contribution < 1.29 is 14.9 Å². The van der Waals surface area contributed by atoms with Crippen LogP contribution in [0, 0.1) is 5.92 Å². The Hall–Kier alpha value is -1.52. The van der Waals surface area contributed by atoms with E-state index in [1.165, 1.54) is 18.4 Å². The van der Waals surface area contributed by atoms with E-state index >= 15 is 0 Å². The van der Waals surface area contributed by atoms with Gasteiger partial charge < -0.3 is 14.9 Å². The summed E-state index contributed by atoms with van der Waals surface area (Å²) in [7, 11) is 0. The van der Waals surface area contributed by atoms with E-state index in [0.29, 0.717) is 5.75 Å². The third kappa shape index (κ3) is 1.57. The van der Waals surface area contributed by atoms with E-state index in [2.05, 4.69) is 11.5 Å². The second-order valence-corrected chi connectivity index (χ2v) is 8.91. The SMILES string of the molecule is C=C1CC[C@@]2(O)C3Cc4ccc(O)c5c4[C@@]2(CCN3CC2CC2)[C@@H]1O5. The predicted molar refractivity (Wildman–Crippen MR) is 93.9 cm³/mol. The number of likely N-dealkylation sites (tertiary alicyclic amines) is 1. The molecule has 2 saturated carbocycles. The zero-order valence-corrected chi connectivity index (χ0v) is 14.5. The Morgan fingerprint density at radius 1 is 1.28 bits per heavy atom. The van der Waals surface area contributed by atoms with Gasteiger partial charge in [-0.1, -0.05) is 12.6 Å². The molecule has 3 fully saturated rings. The largest absolute Gasteiger partial charge is 0.504 e. The van der Waals surface area contributed by atoms with E-state index in [1.807, 2.05) is 6.07 Å². The van der Waals surface area contributed by atoms with Crippen LogP contribution in [0.4, 0.5) is 0 Å². The summed E-state index contributed by atoms with van der Waals surface area (Å²) in [5, 5.41) is 22.5. The van der Waals surface area contributed by atoms with E-state index in [4.69, 9.17) is 4.74 Å². The van der Waals surface area contributed by atoms with Crippen LogP contribution in [0.5, 0.6) is 11.5 Å². The maximum Gasteiger partial charge on any atom is 0.166 e. The number of rotatable bonds is 2. The first-order chi connectivity index (χ1) is 12.0. The molecule has 2 heterocycles. The number of aromatic hydroxyl groups is 1. The minimum Gasteiger partial charge on any atom is -0.504 e. The highest BCUT2D eigenvalue weighted by atomic mass is 16.5. The van der Waals surface area contributed by atoms with Crippen LogP contribution in [-0.4, -0.2) is 45.9 Å². The molecule has 0 amide bonds. The molecule has 25 heavy (non-hydrogen) atoms. The molecule has 132 valence electrons. The lowest BCUT2D eigenvalue weighted by molar-refractivity contribution is -0.174. The summed E-state index contributed by atoms with van der Waals surface area (Å²) in [6, 6.07) is 3.96. The zero-order valence-electron chi connectivity index (χ0n) is 14.5. The molecule has 1 aromatic carbocycles. The smallest absolute Gasteiger partial charge is 0.166 e. The molecule has 2 aliphatic heterocycles. The molecular weight excluding hydrogens is 314 g/mol. The van der Waals surface area contributed by atoms with Gasteiger partial charge in [0.2, 0.25) is 0 Å². The fraction of sp³-hybridized carbons (Fsp3) is 0.619. The van der Waals surface area contributed by atoms with Gasteiger partial charge in [0, 0.05) is 18.2 Å². The topological polar surface area (TPSA) is 52.9 Å². The maximum absolute atomic E-state index is 12.1. The molecule has 1 unspecified atom stereocenters. The van der Waals surface area contributed by atoms with Crippen molar-refractivity contribution >= 4 is 0 Å². The van der Waals surface area contributed by atoms with E-state index in [-0.39, 0.29) is 17.9 Å². The molecule has 6 rings (SSSR count). The summed E-state index contributed by atoms with van der Waals surface area (Å²) in [6.07, 6.45) is 5.79. The van der Waals surface area contributed by atoms with Gasteiger partial charge >= 0.3 is 0 Å². The van der Waals surface area contributed by atoms with Gasteiger partial charge in [0.25, 0.3) is 0 Å². The first kappa shape index (κ1) is 14.6. The van der Waals surface area contributed by atoms with Crippen LogP contribution in [0.2, 0.25) is 0 Å². The van der Waals surface area contributed by atoms with Crippen LogP contribution in [0.3, 0.4) is 0 Å². The highest BCUT2D eigenvalue weighted by Crippen LogP contribution is 2.66. The van der Waals surface area contributed by atoms with Gasteiger partial charge in [0.05, 0.1) is 11.0 Å². The number of piperidine rings is 1. The fourth-order valence-electron chi connectivity index (χ4n) is 6.39. The van der Waals surface area contributed by atoms with Gasteiger partial charge in [-0.05, 0) is 68.2 Å². The van der Waals surface area contributed by atoms with Crippen molar-refractivity contribution in [3.05, 3.63) is 35.4 Å². The molecule has 4 heteroatoms. The minimum absolute atomic E-state index is 0.157. The first-order valence-corrected chi connectivity index (χ1v) is 9.71. The molecule has 3 aliphatic carbocycles. The molecule has 0 radical (unpaired) electrons. The Morgan fingerprint density at radius 2 is 2.12 bits per heavy atom. The monoisotopic (exact) mass is 339 g/mol. The maximum atomic E-state index is 12.1. The molecule has 1 aromatic rings. The third-order valence-electron chi connectivity index (χ3n) is 7.71. The summed E-state index contributed by atoms with van der Waals surface area (Å²) in [6.45, 7) is 6.40. The average Bonchev–Trinajstić information content (AvgIpc) is 3.32. The Balaban J connectivity index is 1.58. The van der Waals surface area contributed by atoms with Crippen molar-refractivity contribution in [2.24, 2.45) is 5.92 Å². The lowest BCUT2D eigenvalue weighted by Gasteiger charge is -2.63. The standard InChI is InChI=1S/C21H25NO3/c1-12-6-7-21(24)16-10-14-4-5-15(23)18-17(14)20(21,19(12)25-18)8-9-22(16)11-13-2-3-13/h4-5,13,16,19,23-24H,1-3,6-11H2/t16?,19-,20+,21-/m1/s1. The van der Waals surface area contributed by atoms with Crippen LogP contribution < -0.4 is 4.74 Å². The summed E-state index contributed by atoms with van der Waals surface area (Å²) in [5.41, 5.74) is 2.21.